The second-order valence-corrected chi connectivity index (χ2v) is 10.8. The van der Waals surface area contributed by atoms with E-state index in [1.165, 1.54) is 12.3 Å². The first-order valence-electron chi connectivity index (χ1n) is 13.0. The maximum Gasteiger partial charge on any atom is 0.416 e. The molecule has 3 atom stereocenters. The molecule has 4 N–H and O–H groups in total. The van der Waals surface area contributed by atoms with Crippen molar-refractivity contribution in [1.29, 1.82) is 0 Å². The molecule has 0 radical (unpaired) electrons. The highest BCUT2D eigenvalue weighted by Gasteiger charge is 2.46. The number of nitrogens with zero attached hydrogens (tertiary/aromatic N) is 4. The second-order valence-electron chi connectivity index (χ2n) is 10.8. The molecule has 236 valence electrons. The van der Waals surface area contributed by atoms with Gasteiger partial charge in [0.1, 0.15) is 11.9 Å². The van der Waals surface area contributed by atoms with Gasteiger partial charge in [-0.3, -0.25) is 14.8 Å². The van der Waals surface area contributed by atoms with E-state index >= 15 is 0 Å². The molecule has 0 aliphatic heterocycles. The zero-order valence-corrected chi connectivity index (χ0v) is 23.4. The highest BCUT2D eigenvalue weighted by molar-refractivity contribution is 5.94. The predicted octanol–water partition coefficient (Wildman–Crippen LogP) is 6.12. The van der Waals surface area contributed by atoms with Gasteiger partial charge >= 0.3 is 18.4 Å². The number of rotatable bonds is 10. The van der Waals surface area contributed by atoms with Gasteiger partial charge in [0.25, 0.3) is 5.91 Å². The number of hydrogen-bond acceptors (Lipinski definition) is 7. The molecule has 0 fully saturated rings. The Balaban J connectivity index is 2.11. The van der Waals surface area contributed by atoms with Crippen molar-refractivity contribution in [1.82, 2.24) is 25.3 Å². The molecule has 2 amide bonds. The topological polar surface area (TPSA) is 157 Å². The fourth-order valence-corrected chi connectivity index (χ4v) is 4.46. The molecule has 0 spiro atoms. The van der Waals surface area contributed by atoms with Gasteiger partial charge in [0.2, 0.25) is 11.8 Å². The molecule has 0 saturated heterocycles. The number of carbonyl (C=O) groups excluding carboxylic acids is 1. The Morgan fingerprint density at radius 3 is 2.12 bits per heavy atom. The monoisotopic (exact) mass is 620 g/mol. The SMILES string of the molecule is CCCC[C@@H]([C@H](O)C(=O)Nc1ccn[nH]1)N(C(=O)O)[C@H](c1nnc(-c2cc(C(F)(F)F)cc(C(F)(F)F)c2)o1)C(C)(C)C. The summed E-state index contributed by atoms with van der Waals surface area (Å²) in [6.07, 6.45) is -11.5. The summed E-state index contributed by atoms with van der Waals surface area (Å²) in [5, 5.41) is 37.4. The Morgan fingerprint density at radius 1 is 1.05 bits per heavy atom. The third-order valence-electron chi connectivity index (χ3n) is 6.43. The standard InChI is InChI=1S/C26H30F6N6O5/c1-5-6-7-16(18(39)20(40)34-17-8-9-33-35-17)38(23(41)42)19(24(2,3)4)22-37-36-21(43-22)13-10-14(25(27,28)29)12-15(11-13)26(30,31)32/h8-12,16,18-19,39H,5-7H2,1-4H3,(H,41,42)(H2,33,34,35,40)/t16-,18-,19+/m0/s1. The van der Waals surface area contributed by atoms with Gasteiger partial charge in [-0.2, -0.15) is 31.4 Å². The Hall–Kier alpha value is -4.15. The summed E-state index contributed by atoms with van der Waals surface area (Å²) in [5.74, 6) is -2.03. The number of alkyl halides is 6. The van der Waals surface area contributed by atoms with Gasteiger partial charge in [-0.15, -0.1) is 10.2 Å². The van der Waals surface area contributed by atoms with Crippen LogP contribution in [0.2, 0.25) is 0 Å². The van der Waals surface area contributed by atoms with Crippen molar-refractivity contribution in [2.75, 3.05) is 5.32 Å². The van der Waals surface area contributed by atoms with Crippen LogP contribution in [0.1, 0.15) is 70.0 Å². The number of halogens is 6. The van der Waals surface area contributed by atoms with Crippen LogP contribution < -0.4 is 5.32 Å². The van der Waals surface area contributed by atoms with E-state index in [4.69, 9.17) is 4.42 Å². The van der Waals surface area contributed by atoms with E-state index in [1.807, 2.05) is 0 Å². The molecule has 0 aliphatic carbocycles. The van der Waals surface area contributed by atoms with Crippen LogP contribution in [0.25, 0.3) is 11.5 Å². The molecule has 1 aromatic carbocycles. The number of anilines is 1. The zero-order chi connectivity index (χ0) is 32.3. The van der Waals surface area contributed by atoms with Crippen LogP contribution in [0.15, 0.2) is 34.9 Å². The normalized spacial score (nSPS) is 14.7. The van der Waals surface area contributed by atoms with E-state index < -0.39 is 76.4 Å². The number of amides is 2. The fourth-order valence-electron chi connectivity index (χ4n) is 4.46. The molecule has 0 saturated carbocycles. The number of benzene rings is 1. The summed E-state index contributed by atoms with van der Waals surface area (Å²) in [6.45, 7) is 6.50. The summed E-state index contributed by atoms with van der Waals surface area (Å²) in [6, 6.07) is -0.640. The van der Waals surface area contributed by atoms with Crippen molar-refractivity contribution in [3.05, 3.63) is 47.5 Å². The Morgan fingerprint density at radius 2 is 1.65 bits per heavy atom. The lowest BCUT2D eigenvalue weighted by molar-refractivity contribution is -0.143. The fraction of sp³-hybridized carbons (Fsp3) is 0.500. The van der Waals surface area contributed by atoms with Crippen LogP contribution in [0.5, 0.6) is 0 Å². The van der Waals surface area contributed by atoms with E-state index in [1.54, 1.807) is 27.7 Å². The number of aliphatic hydroxyl groups excluding tert-OH is 1. The lowest BCUT2D eigenvalue weighted by Crippen LogP contribution is -2.54. The Bertz CT molecular complexity index is 1370. The summed E-state index contributed by atoms with van der Waals surface area (Å²) >= 11 is 0. The quantitative estimate of drug-likeness (QED) is 0.197. The molecule has 3 rings (SSSR count). The molecule has 17 heteroatoms. The molecule has 43 heavy (non-hydrogen) atoms. The van der Waals surface area contributed by atoms with Crippen LogP contribution >= 0.6 is 0 Å². The first-order chi connectivity index (χ1) is 19.8. The minimum atomic E-state index is -5.13. The number of aromatic amines is 1. The van der Waals surface area contributed by atoms with Crippen molar-refractivity contribution in [2.24, 2.45) is 5.41 Å². The summed E-state index contributed by atoms with van der Waals surface area (Å²) in [5.41, 5.74) is -5.01. The number of unbranched alkanes of at least 4 members (excludes halogenated alkanes) is 1. The maximum absolute atomic E-state index is 13.4. The molecule has 0 bridgehead atoms. The van der Waals surface area contributed by atoms with Crippen LogP contribution in [0.4, 0.5) is 37.0 Å². The van der Waals surface area contributed by atoms with Crippen molar-refractivity contribution in [3.63, 3.8) is 0 Å². The van der Waals surface area contributed by atoms with Gasteiger partial charge in [-0.1, -0.05) is 40.5 Å². The molecule has 11 nitrogen and oxygen atoms in total. The van der Waals surface area contributed by atoms with E-state index in [0.717, 1.165) is 4.90 Å². The highest BCUT2D eigenvalue weighted by atomic mass is 19.4. The Kier molecular flexibility index (Phi) is 9.78. The average Bonchev–Trinajstić information content (AvgIpc) is 3.58. The smallest absolute Gasteiger partial charge is 0.416 e. The largest absolute Gasteiger partial charge is 0.465 e. The number of carbonyl (C=O) groups is 2. The average molecular weight is 621 g/mol. The lowest BCUT2D eigenvalue weighted by atomic mass is 9.83. The molecule has 0 aliphatic rings. The molecule has 2 aromatic heterocycles. The minimum absolute atomic E-state index is 0.00346. The van der Waals surface area contributed by atoms with E-state index in [2.05, 4.69) is 25.7 Å². The van der Waals surface area contributed by atoms with Crippen LogP contribution in [-0.4, -0.2) is 59.7 Å². The van der Waals surface area contributed by atoms with E-state index in [-0.39, 0.29) is 18.3 Å². The first kappa shape index (κ1) is 33.4. The molecular weight excluding hydrogens is 590 g/mol. The van der Waals surface area contributed by atoms with Gasteiger partial charge in [0, 0.05) is 11.6 Å². The predicted molar refractivity (Wildman–Crippen MR) is 138 cm³/mol. The van der Waals surface area contributed by atoms with Gasteiger partial charge in [-0.05, 0) is 30.0 Å². The van der Waals surface area contributed by atoms with Crippen LogP contribution in [-0.2, 0) is 17.1 Å². The van der Waals surface area contributed by atoms with Gasteiger partial charge in [-0.25, -0.2) is 4.79 Å². The van der Waals surface area contributed by atoms with Crippen molar-refractivity contribution >= 4 is 17.8 Å². The Labute approximate surface area is 241 Å². The minimum Gasteiger partial charge on any atom is -0.465 e. The van der Waals surface area contributed by atoms with Crippen LogP contribution in [0.3, 0.4) is 0 Å². The van der Waals surface area contributed by atoms with Crippen molar-refractivity contribution in [3.8, 4) is 11.5 Å². The van der Waals surface area contributed by atoms with Crippen LogP contribution in [0, 0.1) is 5.41 Å². The number of aliphatic hydroxyl groups is 1. The number of aromatic nitrogens is 4. The molecule has 2 heterocycles. The van der Waals surface area contributed by atoms with Crippen molar-refractivity contribution in [2.45, 2.75) is 77.5 Å². The summed E-state index contributed by atoms with van der Waals surface area (Å²) < 4.78 is 86.1. The first-order valence-corrected chi connectivity index (χ1v) is 13.0. The summed E-state index contributed by atoms with van der Waals surface area (Å²) in [7, 11) is 0. The van der Waals surface area contributed by atoms with Gasteiger partial charge in [0.15, 0.2) is 6.10 Å². The van der Waals surface area contributed by atoms with E-state index in [9.17, 15) is 46.1 Å². The third kappa shape index (κ3) is 8.03. The van der Waals surface area contributed by atoms with E-state index in [0.29, 0.717) is 25.0 Å². The van der Waals surface area contributed by atoms with Gasteiger partial charge in [0.05, 0.1) is 23.4 Å². The molecular formula is C26H30F6N6O5. The number of nitrogens with one attached hydrogen (secondary N) is 2. The number of H-pyrrole nitrogens is 1. The third-order valence-corrected chi connectivity index (χ3v) is 6.43. The molecule has 0 unspecified atom stereocenters. The highest BCUT2D eigenvalue weighted by Crippen LogP contribution is 2.42. The van der Waals surface area contributed by atoms with Crippen molar-refractivity contribution < 1.29 is 50.6 Å². The number of carboxylic acid groups (broad SMARTS) is 1. The number of hydrogen-bond donors (Lipinski definition) is 4. The lowest BCUT2D eigenvalue weighted by Gasteiger charge is -2.42. The summed E-state index contributed by atoms with van der Waals surface area (Å²) in [4.78, 5) is 26.4. The zero-order valence-electron chi connectivity index (χ0n) is 23.4. The van der Waals surface area contributed by atoms with Gasteiger partial charge < -0.3 is 19.9 Å². The second kappa shape index (κ2) is 12.6. The molecule has 3 aromatic rings. The maximum atomic E-state index is 13.4.